The second-order valence-corrected chi connectivity index (χ2v) is 7.08. The quantitative estimate of drug-likeness (QED) is 0.723. The number of ether oxygens (including phenoxy) is 1. The van der Waals surface area contributed by atoms with Crippen molar-refractivity contribution in [2.75, 3.05) is 17.2 Å². The van der Waals surface area contributed by atoms with Crippen LogP contribution in [0.3, 0.4) is 0 Å². The Morgan fingerprint density at radius 3 is 2.46 bits per heavy atom. The third-order valence-corrected chi connectivity index (χ3v) is 4.61. The maximum absolute atomic E-state index is 12.1. The van der Waals surface area contributed by atoms with Gasteiger partial charge in [0.1, 0.15) is 4.88 Å². The maximum Gasteiger partial charge on any atom is 0.348 e. The Kier molecular flexibility index (Phi) is 6.91. The van der Waals surface area contributed by atoms with Crippen LogP contribution in [0.5, 0.6) is 0 Å². The van der Waals surface area contributed by atoms with Crippen LogP contribution in [0.25, 0.3) is 0 Å². The standard InChI is InChI=1S/C19H22N2O4S/c1-4-6-14-9-17(26-12(14)2)19(24)25-11-18(23)21-16-8-5-7-15(10-16)20-13(3)22/h5,7-10H,4,6,11H2,1-3H3,(H,20,22)(H,21,23). The molecule has 1 aromatic heterocycles. The summed E-state index contributed by atoms with van der Waals surface area (Å²) in [6.45, 7) is 5.09. The van der Waals surface area contributed by atoms with E-state index in [2.05, 4.69) is 17.6 Å². The molecule has 0 aliphatic heterocycles. The first-order chi connectivity index (χ1) is 12.4. The lowest BCUT2D eigenvalue weighted by atomic mass is 10.1. The predicted molar refractivity (Wildman–Crippen MR) is 103 cm³/mol. The second-order valence-electron chi connectivity index (χ2n) is 5.83. The molecule has 0 bridgehead atoms. The van der Waals surface area contributed by atoms with Gasteiger partial charge in [-0.05, 0) is 43.2 Å². The number of amides is 2. The molecular weight excluding hydrogens is 352 g/mol. The lowest BCUT2D eigenvalue weighted by Gasteiger charge is -2.08. The van der Waals surface area contributed by atoms with Crippen molar-refractivity contribution in [3.05, 3.63) is 45.6 Å². The van der Waals surface area contributed by atoms with Gasteiger partial charge in [-0.15, -0.1) is 11.3 Å². The molecule has 7 heteroatoms. The maximum atomic E-state index is 12.1. The lowest BCUT2D eigenvalue weighted by molar-refractivity contribution is -0.119. The third kappa shape index (κ3) is 5.70. The fourth-order valence-corrected chi connectivity index (χ4v) is 3.38. The number of aryl methyl sites for hydroxylation is 2. The van der Waals surface area contributed by atoms with Crippen LogP contribution in [-0.2, 0) is 20.7 Å². The average Bonchev–Trinajstić information content (AvgIpc) is 2.94. The van der Waals surface area contributed by atoms with E-state index in [1.807, 2.05) is 13.0 Å². The van der Waals surface area contributed by atoms with Gasteiger partial charge < -0.3 is 15.4 Å². The molecule has 0 atom stereocenters. The number of thiophene rings is 1. The Morgan fingerprint density at radius 2 is 1.81 bits per heavy atom. The number of benzene rings is 1. The largest absolute Gasteiger partial charge is 0.451 e. The molecule has 2 amide bonds. The Hall–Kier alpha value is -2.67. The molecule has 6 nitrogen and oxygen atoms in total. The van der Waals surface area contributed by atoms with Gasteiger partial charge in [-0.3, -0.25) is 9.59 Å². The molecule has 0 spiro atoms. The highest BCUT2D eigenvalue weighted by atomic mass is 32.1. The molecule has 1 aromatic carbocycles. The van der Waals surface area contributed by atoms with Crippen molar-refractivity contribution in [1.82, 2.24) is 0 Å². The first kappa shape index (κ1) is 19.7. The number of carbonyl (C=O) groups excluding carboxylic acids is 3. The number of esters is 1. The van der Waals surface area contributed by atoms with Gasteiger partial charge >= 0.3 is 5.97 Å². The molecule has 0 aliphatic rings. The summed E-state index contributed by atoms with van der Waals surface area (Å²) in [5, 5.41) is 5.27. The van der Waals surface area contributed by atoms with Gasteiger partial charge in [-0.2, -0.15) is 0 Å². The van der Waals surface area contributed by atoms with E-state index in [9.17, 15) is 14.4 Å². The smallest absolute Gasteiger partial charge is 0.348 e. The number of rotatable bonds is 7. The molecule has 0 saturated carbocycles. The highest BCUT2D eigenvalue weighted by molar-refractivity contribution is 7.14. The minimum atomic E-state index is -0.498. The van der Waals surface area contributed by atoms with Crippen molar-refractivity contribution < 1.29 is 19.1 Å². The summed E-state index contributed by atoms with van der Waals surface area (Å²) < 4.78 is 5.09. The number of anilines is 2. The summed E-state index contributed by atoms with van der Waals surface area (Å²) in [6, 6.07) is 8.56. The van der Waals surface area contributed by atoms with E-state index in [0.29, 0.717) is 16.3 Å². The predicted octanol–water partition coefficient (Wildman–Crippen LogP) is 3.76. The molecule has 2 rings (SSSR count). The highest BCUT2D eigenvalue weighted by Gasteiger charge is 2.15. The van der Waals surface area contributed by atoms with Gasteiger partial charge in [0.15, 0.2) is 6.61 Å². The minimum Gasteiger partial charge on any atom is -0.451 e. The van der Waals surface area contributed by atoms with Crippen LogP contribution in [0.15, 0.2) is 30.3 Å². The molecule has 2 aromatic rings. The second kappa shape index (κ2) is 9.15. The molecule has 0 saturated heterocycles. The normalized spacial score (nSPS) is 10.3. The summed E-state index contributed by atoms with van der Waals surface area (Å²) in [6.07, 6.45) is 1.92. The fourth-order valence-electron chi connectivity index (χ4n) is 2.42. The van der Waals surface area contributed by atoms with Gasteiger partial charge in [-0.1, -0.05) is 19.4 Å². The Balaban J connectivity index is 1.89. The van der Waals surface area contributed by atoms with Crippen molar-refractivity contribution in [1.29, 1.82) is 0 Å². The van der Waals surface area contributed by atoms with Gasteiger partial charge in [0, 0.05) is 23.2 Å². The van der Waals surface area contributed by atoms with E-state index >= 15 is 0 Å². The lowest BCUT2D eigenvalue weighted by Crippen LogP contribution is -2.20. The van der Waals surface area contributed by atoms with Crippen molar-refractivity contribution in [2.45, 2.75) is 33.6 Å². The SMILES string of the molecule is CCCc1cc(C(=O)OCC(=O)Nc2cccc(NC(C)=O)c2)sc1C. The molecule has 1 heterocycles. The van der Waals surface area contributed by atoms with Gasteiger partial charge in [0.2, 0.25) is 5.91 Å². The summed E-state index contributed by atoms with van der Waals surface area (Å²) in [4.78, 5) is 36.8. The average molecular weight is 374 g/mol. The molecule has 26 heavy (non-hydrogen) atoms. The van der Waals surface area contributed by atoms with Crippen LogP contribution in [0.1, 0.15) is 40.4 Å². The molecule has 0 unspecified atom stereocenters. The van der Waals surface area contributed by atoms with Crippen LogP contribution in [0.4, 0.5) is 11.4 Å². The van der Waals surface area contributed by atoms with Crippen LogP contribution >= 0.6 is 11.3 Å². The summed E-state index contributed by atoms with van der Waals surface area (Å²) in [7, 11) is 0. The Labute approximate surface area is 156 Å². The van der Waals surface area contributed by atoms with E-state index in [1.54, 1.807) is 24.3 Å². The van der Waals surface area contributed by atoms with E-state index in [1.165, 1.54) is 18.3 Å². The Bertz CT molecular complexity index is 814. The monoisotopic (exact) mass is 374 g/mol. The summed E-state index contributed by atoms with van der Waals surface area (Å²) in [5.74, 6) is -1.14. The van der Waals surface area contributed by atoms with E-state index < -0.39 is 11.9 Å². The van der Waals surface area contributed by atoms with Crippen molar-refractivity contribution in [3.63, 3.8) is 0 Å². The minimum absolute atomic E-state index is 0.198. The number of nitrogens with one attached hydrogen (secondary N) is 2. The fraction of sp³-hybridized carbons (Fsp3) is 0.316. The van der Waals surface area contributed by atoms with E-state index in [4.69, 9.17) is 4.74 Å². The third-order valence-electron chi connectivity index (χ3n) is 3.54. The first-order valence-corrected chi connectivity index (χ1v) is 9.14. The van der Waals surface area contributed by atoms with Crippen LogP contribution in [0.2, 0.25) is 0 Å². The number of carbonyl (C=O) groups is 3. The van der Waals surface area contributed by atoms with Crippen LogP contribution < -0.4 is 10.6 Å². The molecule has 0 fully saturated rings. The zero-order chi connectivity index (χ0) is 19.1. The molecule has 2 N–H and O–H groups in total. The molecule has 0 radical (unpaired) electrons. The molecule has 138 valence electrons. The number of hydrogen-bond acceptors (Lipinski definition) is 5. The van der Waals surface area contributed by atoms with Crippen molar-refractivity contribution in [2.24, 2.45) is 0 Å². The highest BCUT2D eigenvalue weighted by Crippen LogP contribution is 2.23. The van der Waals surface area contributed by atoms with E-state index in [-0.39, 0.29) is 12.5 Å². The summed E-state index contributed by atoms with van der Waals surface area (Å²) in [5.41, 5.74) is 2.22. The van der Waals surface area contributed by atoms with Crippen molar-refractivity contribution >= 4 is 40.5 Å². The van der Waals surface area contributed by atoms with Gasteiger partial charge in [0.25, 0.3) is 5.91 Å². The number of hydrogen-bond donors (Lipinski definition) is 2. The topological polar surface area (TPSA) is 84.5 Å². The zero-order valence-electron chi connectivity index (χ0n) is 15.0. The van der Waals surface area contributed by atoms with E-state index in [0.717, 1.165) is 23.3 Å². The first-order valence-electron chi connectivity index (χ1n) is 8.33. The molecule has 0 aliphatic carbocycles. The van der Waals surface area contributed by atoms with Crippen molar-refractivity contribution in [3.8, 4) is 0 Å². The Morgan fingerprint density at radius 1 is 1.12 bits per heavy atom. The molecular formula is C19H22N2O4S. The van der Waals surface area contributed by atoms with Crippen LogP contribution in [-0.4, -0.2) is 24.4 Å². The zero-order valence-corrected chi connectivity index (χ0v) is 15.9. The van der Waals surface area contributed by atoms with Gasteiger partial charge in [0.05, 0.1) is 0 Å². The summed E-state index contributed by atoms with van der Waals surface area (Å²) >= 11 is 1.38. The van der Waals surface area contributed by atoms with Crippen LogP contribution in [0, 0.1) is 6.92 Å². The van der Waals surface area contributed by atoms with Gasteiger partial charge in [-0.25, -0.2) is 4.79 Å².